The van der Waals surface area contributed by atoms with Gasteiger partial charge in [0.2, 0.25) is 0 Å². The van der Waals surface area contributed by atoms with E-state index < -0.39 is 13.2 Å². The van der Waals surface area contributed by atoms with Crippen LogP contribution in [0.3, 0.4) is 0 Å². The summed E-state index contributed by atoms with van der Waals surface area (Å²) in [6.45, 7) is 0.223. The zero-order valence-electron chi connectivity index (χ0n) is 14.3. The van der Waals surface area contributed by atoms with E-state index in [1.54, 1.807) is 0 Å². The lowest BCUT2D eigenvalue weighted by Crippen LogP contribution is -2.30. The van der Waals surface area contributed by atoms with Gasteiger partial charge in [0.05, 0.1) is 0 Å². The van der Waals surface area contributed by atoms with Gasteiger partial charge in [0.1, 0.15) is 0 Å². The number of aliphatic hydroxyl groups excluding tert-OH is 1. The highest BCUT2D eigenvalue weighted by atomic mass is 31.2. The Morgan fingerprint density at radius 3 is 1.44 bits per heavy atom. The summed E-state index contributed by atoms with van der Waals surface area (Å²) in [4.78, 5) is 0. The first-order valence-corrected chi connectivity index (χ1v) is 10.3. The number of aliphatic hydroxyl groups is 1. The van der Waals surface area contributed by atoms with Crippen molar-refractivity contribution < 1.29 is 9.84 Å². The first kappa shape index (κ1) is 17.7. The van der Waals surface area contributed by atoms with Crippen molar-refractivity contribution in [2.24, 2.45) is 0 Å². The molecule has 0 aromatic heterocycles. The van der Waals surface area contributed by atoms with Crippen LogP contribution in [0.25, 0.3) is 0 Å². The summed E-state index contributed by atoms with van der Waals surface area (Å²) < 4.78 is 5.49. The van der Waals surface area contributed by atoms with Gasteiger partial charge in [-0.15, -0.1) is 0 Å². The molecule has 0 heterocycles. The molecule has 1 unspecified atom stereocenters. The zero-order valence-corrected chi connectivity index (χ0v) is 15.2. The van der Waals surface area contributed by atoms with Gasteiger partial charge in [-0.05, 0) is 35.5 Å². The predicted octanol–water partition coefficient (Wildman–Crippen LogP) is 3.14. The number of hydrogen-bond donors (Lipinski definition) is 1. The maximum Gasteiger partial charge on any atom is 0.175 e. The van der Waals surface area contributed by atoms with Gasteiger partial charge in [-0.25, -0.2) is 0 Å². The highest BCUT2D eigenvalue weighted by Gasteiger charge is 2.26. The number of rotatable bonds is 6. The molecule has 3 aromatic rings. The summed E-state index contributed by atoms with van der Waals surface area (Å²) in [5, 5.41) is 14.1. The maximum atomic E-state index is 10.5. The van der Waals surface area contributed by atoms with Crippen molar-refractivity contribution in [3.8, 4) is 0 Å². The van der Waals surface area contributed by atoms with Crippen molar-refractivity contribution in [2.45, 2.75) is 13.2 Å². The monoisotopic (exact) mass is 350 g/mol. The van der Waals surface area contributed by atoms with Crippen molar-refractivity contribution in [2.75, 3.05) is 6.61 Å². The zero-order chi connectivity index (χ0) is 17.5. The quantitative estimate of drug-likeness (QED) is 0.547. The largest absolute Gasteiger partial charge is 0.365 e. The van der Waals surface area contributed by atoms with E-state index in [4.69, 9.17) is 4.74 Å². The smallest absolute Gasteiger partial charge is 0.175 e. The van der Waals surface area contributed by atoms with E-state index in [0.29, 0.717) is 6.61 Å². The summed E-state index contributed by atoms with van der Waals surface area (Å²) in [7, 11) is 0. The average molecular weight is 350 g/mol. The van der Waals surface area contributed by atoms with Gasteiger partial charge in [-0.1, -0.05) is 91.0 Å². The Balaban J connectivity index is 2.36. The first-order valence-electron chi connectivity index (χ1n) is 8.48. The Morgan fingerprint density at radius 1 is 0.760 bits per heavy atom. The fourth-order valence-corrected chi connectivity index (χ4v) is 6.91. The van der Waals surface area contributed by atoms with E-state index in [9.17, 15) is 5.11 Å². The van der Waals surface area contributed by atoms with Crippen LogP contribution in [0.4, 0.5) is 0 Å². The van der Waals surface area contributed by atoms with Gasteiger partial charge < -0.3 is 9.84 Å². The van der Waals surface area contributed by atoms with Crippen LogP contribution in [-0.2, 0) is 4.74 Å². The van der Waals surface area contributed by atoms with Crippen molar-refractivity contribution in [3.05, 3.63) is 91.0 Å². The third-order valence-electron chi connectivity index (χ3n) is 4.18. The fourth-order valence-electron chi connectivity index (χ4n) is 3.10. The van der Waals surface area contributed by atoms with Gasteiger partial charge in [0, 0.05) is 6.61 Å². The highest BCUT2D eigenvalue weighted by Crippen LogP contribution is 2.43. The Bertz CT molecular complexity index is 726. The van der Waals surface area contributed by atoms with Crippen molar-refractivity contribution in [1.82, 2.24) is 0 Å². The molecular formula is C22H23O2P. The van der Waals surface area contributed by atoms with Crippen molar-refractivity contribution in [3.63, 3.8) is 0 Å². The fraction of sp³-hybridized carbons (Fsp3) is 0.136. The molecule has 0 aliphatic heterocycles. The number of ether oxygens (including phenoxy) is 1. The van der Waals surface area contributed by atoms with Gasteiger partial charge in [-0.3, -0.25) is 0 Å². The molecule has 0 aliphatic carbocycles. The summed E-state index contributed by atoms with van der Waals surface area (Å²) in [6, 6.07) is 31.2. The van der Waals surface area contributed by atoms with Crippen molar-refractivity contribution in [1.29, 1.82) is 0 Å². The van der Waals surface area contributed by atoms with Crippen molar-refractivity contribution >= 4 is 28.6 Å². The lowest BCUT2D eigenvalue weighted by molar-refractivity contribution is -0.0390. The molecular weight excluding hydrogens is 327 g/mol. The van der Waals surface area contributed by atoms with Crippen LogP contribution in [0, 0.1) is 0 Å². The minimum atomic E-state index is -2.14. The molecule has 3 aromatic carbocycles. The second-order valence-electron chi connectivity index (χ2n) is 5.72. The molecule has 0 saturated heterocycles. The highest BCUT2D eigenvalue weighted by molar-refractivity contribution is 7.94. The van der Waals surface area contributed by atoms with Gasteiger partial charge in [-0.2, -0.15) is 0 Å². The summed E-state index contributed by atoms with van der Waals surface area (Å²) in [5.41, 5.74) is 0. The molecule has 3 heteroatoms. The number of hydrogen-bond acceptors (Lipinski definition) is 2. The molecule has 25 heavy (non-hydrogen) atoms. The van der Waals surface area contributed by atoms with Gasteiger partial charge in [0.15, 0.2) is 6.29 Å². The average Bonchev–Trinajstić information content (AvgIpc) is 2.68. The van der Waals surface area contributed by atoms with E-state index in [1.807, 2.05) is 30.9 Å². The van der Waals surface area contributed by atoms with E-state index >= 15 is 0 Å². The normalized spacial score (nSPS) is 12.6. The minimum absolute atomic E-state index is 0.468. The van der Waals surface area contributed by atoms with E-state index in [0.717, 1.165) is 0 Å². The lowest BCUT2D eigenvalue weighted by Gasteiger charge is -2.29. The SMILES string of the molecule is CCOC(O)C=P(c1ccccc1)(c1ccccc1)c1ccccc1. The third kappa shape index (κ3) is 3.77. The van der Waals surface area contributed by atoms with Crippen LogP contribution in [-0.4, -0.2) is 23.8 Å². The Labute approximate surface area is 149 Å². The molecule has 0 amide bonds. The molecule has 1 N–H and O–H groups in total. The Kier molecular flexibility index (Phi) is 5.88. The molecule has 0 saturated carbocycles. The lowest BCUT2D eigenvalue weighted by atomic mass is 10.4. The van der Waals surface area contributed by atoms with Crippen LogP contribution in [0.1, 0.15) is 6.92 Å². The maximum absolute atomic E-state index is 10.5. The predicted molar refractivity (Wildman–Crippen MR) is 109 cm³/mol. The first-order chi connectivity index (χ1) is 12.3. The molecule has 128 valence electrons. The molecule has 3 rings (SSSR count). The molecule has 0 bridgehead atoms. The molecule has 0 radical (unpaired) electrons. The minimum Gasteiger partial charge on any atom is -0.365 e. The van der Waals surface area contributed by atoms with E-state index in [-0.39, 0.29) is 0 Å². The third-order valence-corrected chi connectivity index (χ3v) is 8.22. The summed E-state index contributed by atoms with van der Waals surface area (Å²) >= 11 is 0. The molecule has 1 atom stereocenters. The Morgan fingerprint density at radius 2 is 1.12 bits per heavy atom. The van der Waals surface area contributed by atoms with Crippen LogP contribution >= 0.6 is 6.89 Å². The molecule has 0 aliphatic rings. The summed E-state index contributed by atoms with van der Waals surface area (Å²) in [6.07, 6.45) is -0.918. The molecule has 0 fully saturated rings. The van der Waals surface area contributed by atoms with Gasteiger partial charge >= 0.3 is 0 Å². The topological polar surface area (TPSA) is 29.5 Å². The second kappa shape index (κ2) is 8.31. The second-order valence-corrected chi connectivity index (χ2v) is 9.02. The summed E-state index contributed by atoms with van der Waals surface area (Å²) in [5.74, 6) is 2.00. The van der Waals surface area contributed by atoms with Crippen LogP contribution in [0.15, 0.2) is 91.0 Å². The Hall–Kier alpha value is -2.12. The standard InChI is InChI=1S/C22H23O2P/c1-2-24-22(23)18-25(19-12-6-3-7-13-19,20-14-8-4-9-15-20)21-16-10-5-11-17-21/h3-18,22-23H,2H2,1H3. The molecule has 0 spiro atoms. The van der Waals surface area contributed by atoms with Crippen LogP contribution in [0.2, 0.25) is 0 Å². The van der Waals surface area contributed by atoms with E-state index in [1.165, 1.54) is 15.9 Å². The van der Waals surface area contributed by atoms with E-state index in [2.05, 4.69) is 72.8 Å². The van der Waals surface area contributed by atoms with Gasteiger partial charge in [0.25, 0.3) is 0 Å². The van der Waals surface area contributed by atoms with Crippen LogP contribution in [0.5, 0.6) is 0 Å². The van der Waals surface area contributed by atoms with Crippen LogP contribution < -0.4 is 15.9 Å². The number of benzene rings is 3. The molecule has 2 nitrogen and oxygen atoms in total.